The number of rotatable bonds is 1. The summed E-state index contributed by atoms with van der Waals surface area (Å²) in [6.07, 6.45) is 1.85. The average molecular weight is 229 g/mol. The zero-order valence-electron chi connectivity index (χ0n) is 9.89. The van der Waals surface area contributed by atoms with Gasteiger partial charge in [0.05, 0.1) is 30.4 Å². The lowest BCUT2D eigenvalue weighted by molar-refractivity contribution is 0.122. The van der Waals surface area contributed by atoms with Gasteiger partial charge in [-0.15, -0.1) is 0 Å². The number of anilines is 1. The van der Waals surface area contributed by atoms with Crippen LogP contribution < -0.4 is 4.90 Å². The highest BCUT2D eigenvalue weighted by molar-refractivity contribution is 5.76. The molecule has 0 amide bonds. The van der Waals surface area contributed by atoms with Gasteiger partial charge in [-0.1, -0.05) is 6.07 Å². The Hall–Kier alpha value is -1.68. The molecule has 0 spiro atoms. The van der Waals surface area contributed by atoms with Gasteiger partial charge in [-0.3, -0.25) is 4.98 Å². The molecule has 0 N–H and O–H groups in total. The summed E-state index contributed by atoms with van der Waals surface area (Å²) in [5, 5.41) is 0. The maximum atomic E-state index is 5.33. The SMILES string of the molecule is Cc1ccc2nc(N3CCOCC3)cnc2c1. The number of morpholine rings is 1. The number of hydrogen-bond acceptors (Lipinski definition) is 4. The van der Waals surface area contributed by atoms with Crippen LogP contribution in [0.2, 0.25) is 0 Å². The summed E-state index contributed by atoms with van der Waals surface area (Å²) in [7, 11) is 0. The standard InChI is InChI=1S/C13H15N3O/c1-10-2-3-11-12(8-10)14-9-13(15-11)16-4-6-17-7-5-16/h2-3,8-9H,4-7H2,1H3. The molecule has 4 heteroatoms. The molecule has 0 aliphatic carbocycles. The molecule has 88 valence electrons. The molecule has 1 fully saturated rings. The van der Waals surface area contributed by atoms with Crippen molar-refractivity contribution in [2.24, 2.45) is 0 Å². The van der Waals surface area contributed by atoms with Crippen molar-refractivity contribution >= 4 is 16.9 Å². The molecule has 2 aromatic rings. The zero-order chi connectivity index (χ0) is 11.7. The predicted octanol–water partition coefficient (Wildman–Crippen LogP) is 1.77. The van der Waals surface area contributed by atoms with Gasteiger partial charge in [0, 0.05) is 13.1 Å². The van der Waals surface area contributed by atoms with Crippen molar-refractivity contribution in [3.8, 4) is 0 Å². The van der Waals surface area contributed by atoms with E-state index < -0.39 is 0 Å². The molecular weight excluding hydrogens is 214 g/mol. The van der Waals surface area contributed by atoms with Gasteiger partial charge in [-0.25, -0.2) is 4.98 Å². The number of aryl methyl sites for hydroxylation is 1. The van der Waals surface area contributed by atoms with Crippen LogP contribution in [-0.2, 0) is 4.74 Å². The van der Waals surface area contributed by atoms with Crippen molar-refractivity contribution in [3.05, 3.63) is 30.0 Å². The van der Waals surface area contributed by atoms with Gasteiger partial charge in [0.2, 0.25) is 0 Å². The van der Waals surface area contributed by atoms with Crippen molar-refractivity contribution in [1.82, 2.24) is 9.97 Å². The number of hydrogen-bond donors (Lipinski definition) is 0. The second-order valence-corrected chi connectivity index (χ2v) is 4.32. The Morgan fingerprint density at radius 3 is 2.82 bits per heavy atom. The minimum atomic E-state index is 0.771. The van der Waals surface area contributed by atoms with Gasteiger partial charge in [-0.05, 0) is 24.6 Å². The molecule has 3 rings (SSSR count). The van der Waals surface area contributed by atoms with Crippen LogP contribution in [0.25, 0.3) is 11.0 Å². The quantitative estimate of drug-likeness (QED) is 0.747. The van der Waals surface area contributed by atoms with Gasteiger partial charge >= 0.3 is 0 Å². The molecular formula is C13H15N3O. The van der Waals surface area contributed by atoms with Crippen LogP contribution in [0.3, 0.4) is 0 Å². The maximum absolute atomic E-state index is 5.33. The molecule has 0 radical (unpaired) electrons. The van der Waals surface area contributed by atoms with Crippen LogP contribution in [0.5, 0.6) is 0 Å². The molecule has 0 atom stereocenters. The van der Waals surface area contributed by atoms with Crippen LogP contribution >= 0.6 is 0 Å². The first-order valence-corrected chi connectivity index (χ1v) is 5.89. The normalized spacial score (nSPS) is 16.4. The fourth-order valence-corrected chi connectivity index (χ4v) is 2.06. The number of fused-ring (bicyclic) bond motifs is 1. The van der Waals surface area contributed by atoms with E-state index in [0.717, 1.165) is 43.2 Å². The van der Waals surface area contributed by atoms with E-state index in [4.69, 9.17) is 4.74 Å². The first-order valence-electron chi connectivity index (χ1n) is 5.89. The Labute approximate surface area is 100 Å². The minimum Gasteiger partial charge on any atom is -0.378 e. The number of ether oxygens (including phenoxy) is 1. The molecule has 2 heterocycles. The molecule has 1 aromatic carbocycles. The third kappa shape index (κ3) is 2.08. The second-order valence-electron chi connectivity index (χ2n) is 4.32. The molecule has 0 unspecified atom stereocenters. The highest BCUT2D eigenvalue weighted by Gasteiger charge is 2.13. The van der Waals surface area contributed by atoms with E-state index in [9.17, 15) is 0 Å². The Kier molecular flexibility index (Phi) is 2.65. The van der Waals surface area contributed by atoms with Gasteiger partial charge in [0.15, 0.2) is 0 Å². The lowest BCUT2D eigenvalue weighted by atomic mass is 10.2. The van der Waals surface area contributed by atoms with E-state index in [1.807, 2.05) is 12.3 Å². The first-order chi connectivity index (χ1) is 8.33. The van der Waals surface area contributed by atoms with Crippen molar-refractivity contribution in [2.45, 2.75) is 6.92 Å². The Morgan fingerprint density at radius 1 is 1.18 bits per heavy atom. The third-order valence-corrected chi connectivity index (χ3v) is 3.02. The van der Waals surface area contributed by atoms with Crippen molar-refractivity contribution in [1.29, 1.82) is 0 Å². The lowest BCUT2D eigenvalue weighted by Crippen LogP contribution is -2.36. The summed E-state index contributed by atoms with van der Waals surface area (Å²) in [6.45, 7) is 5.40. The van der Waals surface area contributed by atoms with Crippen molar-refractivity contribution in [2.75, 3.05) is 31.2 Å². The fraction of sp³-hybridized carbons (Fsp3) is 0.385. The van der Waals surface area contributed by atoms with E-state index in [1.165, 1.54) is 5.56 Å². The molecule has 1 saturated heterocycles. The van der Waals surface area contributed by atoms with E-state index in [2.05, 4.69) is 33.9 Å². The monoisotopic (exact) mass is 229 g/mol. The molecule has 17 heavy (non-hydrogen) atoms. The second kappa shape index (κ2) is 4.30. The Balaban J connectivity index is 1.98. The molecule has 1 aromatic heterocycles. The minimum absolute atomic E-state index is 0.771. The Bertz CT molecular complexity index is 535. The van der Waals surface area contributed by atoms with Crippen molar-refractivity contribution in [3.63, 3.8) is 0 Å². The van der Waals surface area contributed by atoms with E-state index in [0.29, 0.717) is 0 Å². The van der Waals surface area contributed by atoms with Crippen LogP contribution in [0, 0.1) is 6.92 Å². The zero-order valence-corrected chi connectivity index (χ0v) is 9.89. The summed E-state index contributed by atoms with van der Waals surface area (Å²) in [5.41, 5.74) is 3.13. The third-order valence-electron chi connectivity index (χ3n) is 3.02. The van der Waals surface area contributed by atoms with Crippen LogP contribution in [0.1, 0.15) is 5.56 Å². The summed E-state index contributed by atoms with van der Waals surface area (Å²) < 4.78 is 5.33. The van der Waals surface area contributed by atoms with E-state index in [1.54, 1.807) is 0 Å². The molecule has 1 aliphatic rings. The molecule has 0 saturated carbocycles. The summed E-state index contributed by atoms with van der Waals surface area (Å²) in [4.78, 5) is 11.3. The predicted molar refractivity (Wildman–Crippen MR) is 67.3 cm³/mol. The van der Waals surface area contributed by atoms with E-state index >= 15 is 0 Å². The number of benzene rings is 1. The molecule has 1 aliphatic heterocycles. The highest BCUT2D eigenvalue weighted by Crippen LogP contribution is 2.17. The average Bonchev–Trinajstić information content (AvgIpc) is 2.39. The largest absolute Gasteiger partial charge is 0.378 e. The van der Waals surface area contributed by atoms with Crippen LogP contribution in [0.4, 0.5) is 5.82 Å². The Morgan fingerprint density at radius 2 is 2.00 bits per heavy atom. The summed E-state index contributed by atoms with van der Waals surface area (Å²) in [5.74, 6) is 0.949. The first kappa shape index (κ1) is 10.5. The van der Waals surface area contributed by atoms with Crippen LogP contribution in [0.15, 0.2) is 24.4 Å². The van der Waals surface area contributed by atoms with Gasteiger partial charge in [0.25, 0.3) is 0 Å². The molecule has 0 bridgehead atoms. The van der Waals surface area contributed by atoms with E-state index in [-0.39, 0.29) is 0 Å². The highest BCUT2D eigenvalue weighted by atomic mass is 16.5. The van der Waals surface area contributed by atoms with Crippen LogP contribution in [-0.4, -0.2) is 36.3 Å². The number of nitrogens with zero attached hydrogens (tertiary/aromatic N) is 3. The summed E-state index contributed by atoms with van der Waals surface area (Å²) in [6, 6.07) is 6.16. The van der Waals surface area contributed by atoms with Gasteiger partial charge in [-0.2, -0.15) is 0 Å². The van der Waals surface area contributed by atoms with Gasteiger partial charge < -0.3 is 9.64 Å². The smallest absolute Gasteiger partial charge is 0.148 e. The topological polar surface area (TPSA) is 38.2 Å². The summed E-state index contributed by atoms with van der Waals surface area (Å²) >= 11 is 0. The molecule has 4 nitrogen and oxygen atoms in total. The lowest BCUT2D eigenvalue weighted by Gasteiger charge is -2.27. The fourth-order valence-electron chi connectivity index (χ4n) is 2.06. The maximum Gasteiger partial charge on any atom is 0.148 e. The van der Waals surface area contributed by atoms with Crippen molar-refractivity contribution < 1.29 is 4.74 Å². The van der Waals surface area contributed by atoms with Gasteiger partial charge in [0.1, 0.15) is 5.82 Å². The number of aromatic nitrogens is 2.